The van der Waals surface area contributed by atoms with Crippen molar-refractivity contribution in [2.75, 3.05) is 6.54 Å². The fourth-order valence-corrected chi connectivity index (χ4v) is 4.42. The van der Waals surface area contributed by atoms with Gasteiger partial charge in [-0.1, -0.05) is 11.6 Å². The van der Waals surface area contributed by atoms with E-state index in [9.17, 15) is 26.4 Å². The van der Waals surface area contributed by atoms with Crippen LogP contribution in [0.5, 0.6) is 0 Å². The third-order valence-corrected chi connectivity index (χ3v) is 5.57. The number of carbonyl (C=O) groups excluding carboxylic acids is 1. The van der Waals surface area contributed by atoms with Crippen molar-refractivity contribution < 1.29 is 26.4 Å². The standard InChI is InChI=1S/C12H12ClF3N2O3S/c13-7-3-4-10(8(6-7)12(14,15)16)22(20,21)18-5-1-2-9(18)11(17)19/h3-4,6,9H,1-2,5H2,(H2,17,19)/t9-/m1/s1. The fourth-order valence-electron chi connectivity index (χ4n) is 2.39. The van der Waals surface area contributed by atoms with Crippen LogP contribution in [0.4, 0.5) is 13.2 Å². The summed E-state index contributed by atoms with van der Waals surface area (Å²) in [7, 11) is -4.51. The highest BCUT2D eigenvalue weighted by Gasteiger charge is 2.43. The number of primary amides is 1. The van der Waals surface area contributed by atoms with Gasteiger partial charge in [0.05, 0.1) is 10.5 Å². The molecular formula is C12H12ClF3N2O3S. The van der Waals surface area contributed by atoms with Crippen molar-refractivity contribution in [3.05, 3.63) is 28.8 Å². The van der Waals surface area contributed by atoms with Crippen molar-refractivity contribution in [2.24, 2.45) is 5.73 Å². The smallest absolute Gasteiger partial charge is 0.368 e. The van der Waals surface area contributed by atoms with Gasteiger partial charge in [0.2, 0.25) is 15.9 Å². The molecule has 0 bridgehead atoms. The predicted octanol–water partition coefficient (Wildman–Crippen LogP) is 2.00. The summed E-state index contributed by atoms with van der Waals surface area (Å²) >= 11 is 5.53. The van der Waals surface area contributed by atoms with E-state index in [1.807, 2.05) is 0 Å². The van der Waals surface area contributed by atoms with Crippen molar-refractivity contribution in [3.8, 4) is 0 Å². The van der Waals surface area contributed by atoms with Crippen LogP contribution >= 0.6 is 11.6 Å². The minimum absolute atomic E-state index is 0.0597. The molecular weight excluding hydrogens is 345 g/mol. The van der Waals surface area contributed by atoms with Crippen LogP contribution in [0.3, 0.4) is 0 Å². The Morgan fingerprint density at radius 1 is 1.36 bits per heavy atom. The zero-order valence-corrected chi connectivity index (χ0v) is 12.7. The van der Waals surface area contributed by atoms with Crippen LogP contribution < -0.4 is 5.73 Å². The second-order valence-electron chi connectivity index (χ2n) is 4.81. The molecule has 1 atom stereocenters. The topological polar surface area (TPSA) is 80.5 Å². The molecule has 0 aliphatic carbocycles. The Balaban J connectivity index is 2.58. The zero-order chi connectivity index (χ0) is 16.7. The van der Waals surface area contributed by atoms with Gasteiger partial charge in [-0.25, -0.2) is 8.42 Å². The molecule has 0 aromatic heterocycles. The second-order valence-corrected chi connectivity index (χ2v) is 7.11. The lowest BCUT2D eigenvalue weighted by molar-refractivity contribution is -0.139. The van der Waals surface area contributed by atoms with E-state index in [0.717, 1.165) is 12.1 Å². The quantitative estimate of drug-likeness (QED) is 0.899. The molecule has 1 heterocycles. The van der Waals surface area contributed by atoms with E-state index in [4.69, 9.17) is 17.3 Å². The highest BCUT2D eigenvalue weighted by Crippen LogP contribution is 2.38. The molecule has 1 aromatic carbocycles. The first-order valence-corrected chi connectivity index (χ1v) is 8.05. The van der Waals surface area contributed by atoms with Crippen LogP contribution in [0.2, 0.25) is 5.02 Å². The summed E-state index contributed by atoms with van der Waals surface area (Å²) in [6, 6.07) is 1.25. The van der Waals surface area contributed by atoms with Crippen LogP contribution in [0.15, 0.2) is 23.1 Å². The molecule has 1 amide bonds. The molecule has 10 heteroatoms. The van der Waals surface area contributed by atoms with Gasteiger partial charge >= 0.3 is 6.18 Å². The third-order valence-electron chi connectivity index (χ3n) is 3.37. The van der Waals surface area contributed by atoms with Gasteiger partial charge in [0.1, 0.15) is 6.04 Å². The molecule has 0 unspecified atom stereocenters. The highest BCUT2D eigenvalue weighted by molar-refractivity contribution is 7.89. The number of hydrogen-bond acceptors (Lipinski definition) is 3. The molecule has 1 aliphatic heterocycles. The van der Waals surface area contributed by atoms with E-state index in [-0.39, 0.29) is 18.0 Å². The molecule has 1 aromatic rings. The number of halogens is 4. The Labute approximate surface area is 129 Å². The summed E-state index contributed by atoms with van der Waals surface area (Å²) in [6.07, 6.45) is -4.36. The summed E-state index contributed by atoms with van der Waals surface area (Å²) in [5.41, 5.74) is 3.76. The van der Waals surface area contributed by atoms with Gasteiger partial charge in [0, 0.05) is 11.6 Å². The molecule has 22 heavy (non-hydrogen) atoms. The van der Waals surface area contributed by atoms with Crippen LogP contribution in [0, 0.1) is 0 Å². The first-order chi connectivity index (χ1) is 10.0. The average Bonchev–Trinajstić information content (AvgIpc) is 2.87. The molecule has 1 aliphatic rings. The van der Waals surface area contributed by atoms with E-state index >= 15 is 0 Å². The highest BCUT2D eigenvalue weighted by atomic mass is 35.5. The Hall–Kier alpha value is -1.32. The lowest BCUT2D eigenvalue weighted by Crippen LogP contribution is -2.44. The molecule has 1 saturated heterocycles. The SMILES string of the molecule is NC(=O)[C@H]1CCCN1S(=O)(=O)c1ccc(Cl)cc1C(F)(F)F. The third kappa shape index (κ3) is 3.06. The van der Waals surface area contributed by atoms with E-state index in [1.54, 1.807) is 0 Å². The van der Waals surface area contributed by atoms with Crippen molar-refractivity contribution >= 4 is 27.5 Å². The summed E-state index contributed by atoms with van der Waals surface area (Å²) < 4.78 is 64.9. The van der Waals surface area contributed by atoms with Gasteiger partial charge in [-0.05, 0) is 31.0 Å². The van der Waals surface area contributed by atoms with E-state index in [2.05, 4.69) is 0 Å². The maximum atomic E-state index is 13.1. The second kappa shape index (κ2) is 5.71. The number of amides is 1. The number of rotatable bonds is 3. The van der Waals surface area contributed by atoms with Crippen LogP contribution in [0.1, 0.15) is 18.4 Å². The molecule has 0 radical (unpaired) electrons. The molecule has 5 nitrogen and oxygen atoms in total. The van der Waals surface area contributed by atoms with E-state index in [0.29, 0.717) is 16.8 Å². The Morgan fingerprint density at radius 3 is 2.55 bits per heavy atom. The summed E-state index contributed by atoms with van der Waals surface area (Å²) in [4.78, 5) is 10.4. The van der Waals surface area contributed by atoms with E-state index in [1.165, 1.54) is 0 Å². The monoisotopic (exact) mass is 356 g/mol. The first kappa shape index (κ1) is 17.0. The fraction of sp³-hybridized carbons (Fsp3) is 0.417. The predicted molar refractivity (Wildman–Crippen MR) is 72.6 cm³/mol. The normalized spacial score (nSPS) is 20.3. The lowest BCUT2D eigenvalue weighted by Gasteiger charge is -2.23. The van der Waals surface area contributed by atoms with Gasteiger partial charge in [0.25, 0.3) is 0 Å². The van der Waals surface area contributed by atoms with Crippen molar-refractivity contribution in [1.82, 2.24) is 4.31 Å². The molecule has 2 N–H and O–H groups in total. The molecule has 0 saturated carbocycles. The average molecular weight is 357 g/mol. The molecule has 1 fully saturated rings. The number of alkyl halides is 3. The van der Waals surface area contributed by atoms with Gasteiger partial charge < -0.3 is 5.73 Å². The first-order valence-electron chi connectivity index (χ1n) is 6.23. The van der Waals surface area contributed by atoms with E-state index < -0.39 is 38.6 Å². The maximum absolute atomic E-state index is 13.1. The molecule has 2 rings (SSSR count). The number of hydrogen-bond donors (Lipinski definition) is 1. The van der Waals surface area contributed by atoms with Gasteiger partial charge in [-0.15, -0.1) is 0 Å². The Morgan fingerprint density at radius 2 is 2.00 bits per heavy atom. The summed E-state index contributed by atoms with van der Waals surface area (Å²) in [6.45, 7) is -0.0597. The molecule has 122 valence electrons. The number of benzene rings is 1. The van der Waals surface area contributed by atoms with Crippen LogP contribution in [-0.2, 0) is 21.0 Å². The largest absolute Gasteiger partial charge is 0.417 e. The number of nitrogens with two attached hydrogens (primary N) is 1. The zero-order valence-electron chi connectivity index (χ0n) is 11.1. The van der Waals surface area contributed by atoms with Crippen molar-refractivity contribution in [1.29, 1.82) is 0 Å². The number of carbonyl (C=O) groups is 1. The molecule has 0 spiro atoms. The van der Waals surface area contributed by atoms with Gasteiger partial charge in [-0.3, -0.25) is 4.79 Å². The Kier molecular flexibility index (Phi) is 4.42. The van der Waals surface area contributed by atoms with Crippen LogP contribution in [0.25, 0.3) is 0 Å². The van der Waals surface area contributed by atoms with Crippen molar-refractivity contribution in [3.63, 3.8) is 0 Å². The lowest BCUT2D eigenvalue weighted by atomic mass is 10.2. The maximum Gasteiger partial charge on any atom is 0.417 e. The number of nitrogens with zero attached hydrogens (tertiary/aromatic N) is 1. The van der Waals surface area contributed by atoms with Crippen LogP contribution in [-0.4, -0.2) is 31.2 Å². The van der Waals surface area contributed by atoms with Gasteiger partial charge in [-0.2, -0.15) is 17.5 Å². The van der Waals surface area contributed by atoms with Crippen molar-refractivity contribution in [2.45, 2.75) is 30.0 Å². The Bertz CT molecular complexity index is 706. The number of sulfonamides is 1. The minimum atomic E-state index is -4.89. The summed E-state index contributed by atoms with van der Waals surface area (Å²) in [5.74, 6) is -0.886. The van der Waals surface area contributed by atoms with Gasteiger partial charge in [0.15, 0.2) is 0 Å². The summed E-state index contributed by atoms with van der Waals surface area (Å²) in [5, 5.41) is -0.237. The minimum Gasteiger partial charge on any atom is -0.368 e.